The van der Waals surface area contributed by atoms with Crippen molar-refractivity contribution in [3.63, 3.8) is 0 Å². The molecule has 0 aromatic heterocycles. The van der Waals surface area contributed by atoms with Gasteiger partial charge in [0.05, 0.1) is 0 Å². The van der Waals surface area contributed by atoms with Gasteiger partial charge in [0.25, 0.3) is 0 Å². The molecular weight excluding hydrogens is 278 g/mol. The lowest BCUT2D eigenvalue weighted by molar-refractivity contribution is -0.134. The third kappa shape index (κ3) is 4.61. The zero-order valence-corrected chi connectivity index (χ0v) is 12.8. The molecule has 0 N–H and O–H groups in total. The molecule has 1 aliphatic rings. The predicted molar refractivity (Wildman–Crippen MR) is 76.5 cm³/mol. The van der Waals surface area contributed by atoms with Crippen molar-refractivity contribution in [1.29, 1.82) is 0 Å². The van der Waals surface area contributed by atoms with Gasteiger partial charge in [-0.3, -0.25) is 4.79 Å². The summed E-state index contributed by atoms with van der Waals surface area (Å²) in [6.45, 7) is 5.22. The van der Waals surface area contributed by atoms with Gasteiger partial charge in [-0.1, -0.05) is 42.6 Å². The maximum absolute atomic E-state index is 12.4. The van der Waals surface area contributed by atoms with E-state index in [1.54, 1.807) is 0 Å². The molecule has 2 nitrogen and oxygen atoms in total. The molecule has 0 aromatic carbocycles. The summed E-state index contributed by atoms with van der Waals surface area (Å²) in [6, 6.07) is 0.432. The minimum Gasteiger partial charge on any atom is -0.339 e. The molecule has 0 spiro atoms. The van der Waals surface area contributed by atoms with Crippen LogP contribution in [0.1, 0.15) is 58.8 Å². The summed E-state index contributed by atoms with van der Waals surface area (Å²) in [7, 11) is 0. The maximum Gasteiger partial charge on any atom is 0.223 e. The second-order valence-corrected chi connectivity index (χ2v) is 5.89. The Labute approximate surface area is 114 Å². The van der Waals surface area contributed by atoms with E-state index in [2.05, 4.69) is 34.7 Å². The molecule has 100 valence electrons. The van der Waals surface area contributed by atoms with Crippen LogP contribution in [0.15, 0.2) is 0 Å². The van der Waals surface area contributed by atoms with Crippen LogP contribution in [0, 0.1) is 5.92 Å². The number of rotatable bonds is 7. The zero-order valence-electron chi connectivity index (χ0n) is 11.3. The normalized spacial score (nSPS) is 16.7. The largest absolute Gasteiger partial charge is 0.339 e. The fraction of sp³-hybridized carbons (Fsp3) is 0.929. The summed E-state index contributed by atoms with van der Waals surface area (Å²) in [5, 5.41) is 0.889. The fourth-order valence-corrected chi connectivity index (χ4v) is 3.29. The van der Waals surface area contributed by atoms with E-state index in [-0.39, 0.29) is 0 Å². The van der Waals surface area contributed by atoms with E-state index in [0.717, 1.165) is 31.1 Å². The van der Waals surface area contributed by atoms with Gasteiger partial charge in [-0.25, -0.2) is 0 Å². The Morgan fingerprint density at radius 2 is 1.88 bits per heavy atom. The molecule has 1 aliphatic carbocycles. The average molecular weight is 304 g/mol. The number of amides is 1. The number of carbonyl (C=O) groups excluding carboxylic acids is 1. The molecule has 1 fully saturated rings. The zero-order chi connectivity index (χ0) is 12.7. The van der Waals surface area contributed by atoms with Gasteiger partial charge in [0.2, 0.25) is 5.91 Å². The molecule has 0 aliphatic heterocycles. The van der Waals surface area contributed by atoms with E-state index < -0.39 is 0 Å². The Bertz CT molecular complexity index is 222. The van der Waals surface area contributed by atoms with Gasteiger partial charge in [0, 0.05) is 24.3 Å². The van der Waals surface area contributed by atoms with Crippen molar-refractivity contribution in [3.05, 3.63) is 0 Å². The summed E-state index contributed by atoms with van der Waals surface area (Å²) >= 11 is 3.46. The van der Waals surface area contributed by atoms with Crippen LogP contribution in [0.3, 0.4) is 0 Å². The molecule has 1 rings (SSSR count). The summed E-state index contributed by atoms with van der Waals surface area (Å²) in [5.41, 5.74) is 0. The third-order valence-corrected chi connectivity index (χ3v) is 4.32. The van der Waals surface area contributed by atoms with Gasteiger partial charge < -0.3 is 4.90 Å². The van der Waals surface area contributed by atoms with Gasteiger partial charge in [-0.15, -0.1) is 0 Å². The molecular formula is C14H26BrNO. The quantitative estimate of drug-likeness (QED) is 0.652. The maximum atomic E-state index is 12.4. The summed E-state index contributed by atoms with van der Waals surface area (Å²) in [6.07, 6.45) is 8.08. The third-order valence-electron chi connectivity index (χ3n) is 3.97. The molecule has 0 radical (unpaired) electrons. The number of hydrogen-bond acceptors (Lipinski definition) is 1. The highest BCUT2D eigenvalue weighted by atomic mass is 79.9. The number of alkyl halides is 1. The SMILES string of the molecule is CCC(CC)N(CCBr)C(=O)CC1CCCC1. The second-order valence-electron chi connectivity index (χ2n) is 5.10. The number of nitrogens with zero attached hydrogens (tertiary/aromatic N) is 1. The summed E-state index contributed by atoms with van der Waals surface area (Å²) in [5.74, 6) is 1.04. The van der Waals surface area contributed by atoms with Crippen molar-refractivity contribution in [1.82, 2.24) is 4.90 Å². The fourth-order valence-electron chi connectivity index (χ4n) is 2.91. The molecule has 0 atom stereocenters. The molecule has 0 heterocycles. The van der Waals surface area contributed by atoms with Crippen LogP contribution in [-0.2, 0) is 4.79 Å². The minimum atomic E-state index is 0.380. The minimum absolute atomic E-state index is 0.380. The predicted octanol–water partition coefficient (Wildman–Crippen LogP) is 3.98. The smallest absolute Gasteiger partial charge is 0.223 e. The summed E-state index contributed by atoms with van der Waals surface area (Å²) < 4.78 is 0. The van der Waals surface area contributed by atoms with E-state index in [1.807, 2.05) is 0 Å². The van der Waals surface area contributed by atoms with Crippen molar-refractivity contribution in [3.8, 4) is 0 Å². The van der Waals surface area contributed by atoms with E-state index in [0.29, 0.717) is 17.9 Å². The highest BCUT2D eigenvalue weighted by molar-refractivity contribution is 9.09. The molecule has 1 saturated carbocycles. The van der Waals surface area contributed by atoms with Crippen LogP contribution in [-0.4, -0.2) is 28.7 Å². The van der Waals surface area contributed by atoms with Gasteiger partial charge in [0.15, 0.2) is 0 Å². The highest BCUT2D eigenvalue weighted by Gasteiger charge is 2.25. The lowest BCUT2D eigenvalue weighted by Gasteiger charge is -2.31. The monoisotopic (exact) mass is 303 g/mol. The van der Waals surface area contributed by atoms with E-state index in [4.69, 9.17) is 0 Å². The summed E-state index contributed by atoms with van der Waals surface area (Å²) in [4.78, 5) is 14.5. The second kappa shape index (κ2) is 8.12. The first-order valence-electron chi connectivity index (χ1n) is 7.08. The van der Waals surface area contributed by atoms with E-state index in [1.165, 1.54) is 25.7 Å². The highest BCUT2D eigenvalue weighted by Crippen LogP contribution is 2.28. The van der Waals surface area contributed by atoms with Crippen molar-refractivity contribution in [2.75, 3.05) is 11.9 Å². The van der Waals surface area contributed by atoms with Crippen molar-refractivity contribution in [2.24, 2.45) is 5.92 Å². The topological polar surface area (TPSA) is 20.3 Å². The molecule has 1 amide bonds. The average Bonchev–Trinajstić information content (AvgIpc) is 2.82. The molecule has 3 heteroatoms. The molecule has 0 aromatic rings. The van der Waals surface area contributed by atoms with Gasteiger partial charge in [-0.05, 0) is 31.6 Å². The molecule has 17 heavy (non-hydrogen) atoms. The number of hydrogen-bond donors (Lipinski definition) is 0. The standard InChI is InChI=1S/C14H26BrNO/c1-3-13(4-2)16(10-9-15)14(17)11-12-7-5-6-8-12/h12-13H,3-11H2,1-2H3. The first-order chi connectivity index (χ1) is 8.22. The van der Waals surface area contributed by atoms with Crippen LogP contribution >= 0.6 is 15.9 Å². The van der Waals surface area contributed by atoms with Crippen LogP contribution in [0.4, 0.5) is 0 Å². The van der Waals surface area contributed by atoms with Crippen LogP contribution in [0.5, 0.6) is 0 Å². The molecule has 0 bridgehead atoms. The Balaban J connectivity index is 2.52. The van der Waals surface area contributed by atoms with Crippen molar-refractivity contribution >= 4 is 21.8 Å². The van der Waals surface area contributed by atoms with Crippen LogP contribution in [0.25, 0.3) is 0 Å². The van der Waals surface area contributed by atoms with Crippen molar-refractivity contribution in [2.45, 2.75) is 64.8 Å². The van der Waals surface area contributed by atoms with E-state index in [9.17, 15) is 4.79 Å². The Kier molecular flexibility index (Phi) is 7.17. The lowest BCUT2D eigenvalue weighted by Crippen LogP contribution is -2.41. The first kappa shape index (κ1) is 15.0. The van der Waals surface area contributed by atoms with Crippen LogP contribution in [0.2, 0.25) is 0 Å². The molecule has 0 unspecified atom stereocenters. The van der Waals surface area contributed by atoms with Gasteiger partial charge in [0.1, 0.15) is 0 Å². The number of carbonyl (C=O) groups is 1. The Morgan fingerprint density at radius 3 is 2.35 bits per heavy atom. The van der Waals surface area contributed by atoms with Gasteiger partial charge in [-0.2, -0.15) is 0 Å². The first-order valence-corrected chi connectivity index (χ1v) is 8.20. The Hall–Kier alpha value is -0.0500. The van der Waals surface area contributed by atoms with Crippen LogP contribution < -0.4 is 0 Å². The Morgan fingerprint density at radius 1 is 1.29 bits per heavy atom. The van der Waals surface area contributed by atoms with Gasteiger partial charge >= 0.3 is 0 Å². The lowest BCUT2D eigenvalue weighted by atomic mass is 10.0. The van der Waals surface area contributed by atoms with E-state index >= 15 is 0 Å². The van der Waals surface area contributed by atoms with Crippen molar-refractivity contribution < 1.29 is 4.79 Å². The molecule has 0 saturated heterocycles. The number of halogens is 1.